The Balaban J connectivity index is 1.30. The lowest BCUT2D eigenvalue weighted by Gasteiger charge is -2.09. The summed E-state index contributed by atoms with van der Waals surface area (Å²) in [4.78, 5) is 14.5. The monoisotopic (exact) mass is 572 g/mol. The molecule has 0 spiro atoms. The first kappa shape index (κ1) is 17.8. The number of aromatic nitrogens is 4. The number of nitrogens with zero attached hydrogens (tertiary/aromatic N) is 4. The van der Waals surface area contributed by atoms with Crippen molar-refractivity contribution in [2.24, 2.45) is 0 Å². The van der Waals surface area contributed by atoms with E-state index in [2.05, 4.69) is 0 Å². The molecular weight excluding hydrogens is 540 g/mol. The summed E-state index contributed by atoms with van der Waals surface area (Å²) in [7, 11) is 0. The summed E-state index contributed by atoms with van der Waals surface area (Å²) in [5.74, 6) is 1.49. The SMILES string of the molecule is [2H]c1c([2H])c([2H])c2c(c1[2H])c1c([2H])c([2H])c([2H])c([2H])c1n2-c1ccc2oc3ccc(-c4nc(-c5ccccc5)nc(-c5ccccc5)n4)cc3c2c1. The van der Waals surface area contributed by atoms with Crippen LogP contribution in [0.2, 0.25) is 0 Å². The third-order valence-corrected chi connectivity index (χ3v) is 7.70. The average molecular weight is 573 g/mol. The van der Waals surface area contributed by atoms with E-state index in [1.807, 2.05) is 78.9 Å². The fourth-order valence-electron chi connectivity index (χ4n) is 5.66. The number of furan rings is 1. The van der Waals surface area contributed by atoms with Gasteiger partial charge < -0.3 is 8.98 Å². The van der Waals surface area contributed by atoms with E-state index in [0.717, 1.165) is 16.5 Å². The van der Waals surface area contributed by atoms with Crippen molar-refractivity contribution >= 4 is 43.7 Å². The molecule has 0 fully saturated rings. The maximum atomic E-state index is 8.88. The number of benzene rings is 6. The van der Waals surface area contributed by atoms with Gasteiger partial charge in [0.15, 0.2) is 17.5 Å². The van der Waals surface area contributed by atoms with Crippen LogP contribution in [0, 0.1) is 0 Å². The Morgan fingerprint density at radius 2 is 0.977 bits per heavy atom. The van der Waals surface area contributed by atoms with E-state index in [1.165, 1.54) is 4.57 Å². The van der Waals surface area contributed by atoms with E-state index in [-0.39, 0.29) is 46.0 Å². The zero-order valence-electron chi connectivity index (χ0n) is 30.9. The predicted octanol–water partition coefficient (Wildman–Crippen LogP) is 9.87. The molecule has 0 saturated carbocycles. The van der Waals surface area contributed by atoms with Crippen LogP contribution in [0.1, 0.15) is 11.0 Å². The van der Waals surface area contributed by atoms with Crippen LogP contribution in [-0.4, -0.2) is 19.5 Å². The van der Waals surface area contributed by atoms with Crippen molar-refractivity contribution < 1.29 is 15.4 Å². The van der Waals surface area contributed by atoms with Gasteiger partial charge in [0.2, 0.25) is 0 Å². The van der Waals surface area contributed by atoms with Gasteiger partial charge in [0, 0.05) is 43.9 Å². The van der Waals surface area contributed by atoms with Gasteiger partial charge in [-0.2, -0.15) is 0 Å². The number of hydrogen-bond donors (Lipinski definition) is 0. The predicted molar refractivity (Wildman–Crippen MR) is 178 cm³/mol. The number of rotatable bonds is 4. The molecule has 0 bridgehead atoms. The average Bonchev–Trinajstić information content (AvgIpc) is 3.74. The Kier molecular flexibility index (Phi) is 3.94. The Bertz CT molecular complexity index is 2810. The topological polar surface area (TPSA) is 56.7 Å². The normalized spacial score (nSPS) is 14.2. The molecule has 0 unspecified atom stereocenters. The highest BCUT2D eigenvalue weighted by Gasteiger charge is 2.16. The van der Waals surface area contributed by atoms with Gasteiger partial charge in [-0.1, -0.05) is 96.9 Å². The van der Waals surface area contributed by atoms with Gasteiger partial charge in [0.25, 0.3) is 0 Å². The van der Waals surface area contributed by atoms with Gasteiger partial charge >= 0.3 is 0 Å². The second-order valence-corrected chi connectivity index (χ2v) is 10.3. The molecule has 3 heterocycles. The Morgan fingerprint density at radius 3 is 1.57 bits per heavy atom. The smallest absolute Gasteiger partial charge is 0.164 e. The van der Waals surface area contributed by atoms with Crippen LogP contribution in [0.5, 0.6) is 0 Å². The first-order valence-corrected chi connectivity index (χ1v) is 14.0. The summed E-state index contributed by atoms with van der Waals surface area (Å²) < 4.78 is 76.5. The van der Waals surface area contributed by atoms with E-state index in [0.29, 0.717) is 45.3 Å². The molecule has 0 saturated heterocycles. The molecule has 0 aliphatic heterocycles. The van der Waals surface area contributed by atoms with Crippen LogP contribution < -0.4 is 0 Å². The van der Waals surface area contributed by atoms with Crippen LogP contribution in [0.3, 0.4) is 0 Å². The minimum Gasteiger partial charge on any atom is -0.456 e. The first-order valence-electron chi connectivity index (χ1n) is 18.0. The minimum atomic E-state index is -0.489. The molecule has 9 aromatic rings. The highest BCUT2D eigenvalue weighted by molar-refractivity contribution is 6.10. The van der Waals surface area contributed by atoms with Crippen LogP contribution >= 0.6 is 0 Å². The van der Waals surface area contributed by atoms with Crippen molar-refractivity contribution in [3.05, 3.63) is 145 Å². The van der Waals surface area contributed by atoms with Gasteiger partial charge in [-0.25, -0.2) is 15.0 Å². The quantitative estimate of drug-likeness (QED) is 0.211. The van der Waals surface area contributed by atoms with Gasteiger partial charge in [0.05, 0.1) is 22.0 Å². The van der Waals surface area contributed by atoms with Gasteiger partial charge in [-0.05, 0) is 48.5 Å². The molecule has 0 radical (unpaired) electrons. The molecule has 0 atom stereocenters. The molecule has 44 heavy (non-hydrogen) atoms. The molecule has 3 aromatic heterocycles. The van der Waals surface area contributed by atoms with Gasteiger partial charge in [-0.15, -0.1) is 0 Å². The van der Waals surface area contributed by atoms with E-state index in [4.69, 9.17) is 30.3 Å². The summed E-state index contributed by atoms with van der Waals surface area (Å²) in [5, 5.41) is 1.44. The summed E-state index contributed by atoms with van der Waals surface area (Å²) >= 11 is 0. The third-order valence-electron chi connectivity index (χ3n) is 7.70. The van der Waals surface area contributed by atoms with Gasteiger partial charge in [0.1, 0.15) is 11.2 Å². The summed E-state index contributed by atoms with van der Waals surface area (Å²) in [5.41, 5.74) is 4.04. The van der Waals surface area contributed by atoms with Crippen molar-refractivity contribution in [2.75, 3.05) is 0 Å². The van der Waals surface area contributed by atoms with E-state index in [1.54, 1.807) is 18.2 Å². The fraction of sp³-hybridized carbons (Fsp3) is 0. The second-order valence-electron chi connectivity index (χ2n) is 10.3. The van der Waals surface area contributed by atoms with E-state index in [9.17, 15) is 0 Å². The number of hydrogen-bond acceptors (Lipinski definition) is 4. The van der Waals surface area contributed by atoms with Crippen LogP contribution in [0.4, 0.5) is 0 Å². The minimum absolute atomic E-state index is 0.0192. The first-order chi connectivity index (χ1) is 25.1. The molecule has 0 aliphatic rings. The van der Waals surface area contributed by atoms with E-state index >= 15 is 0 Å². The number of fused-ring (bicyclic) bond motifs is 6. The lowest BCUT2D eigenvalue weighted by Crippen LogP contribution is -2.00. The van der Waals surface area contributed by atoms with Crippen LogP contribution in [0.15, 0.2) is 150 Å². The Morgan fingerprint density at radius 1 is 0.477 bits per heavy atom. The van der Waals surface area contributed by atoms with Crippen molar-refractivity contribution in [2.45, 2.75) is 0 Å². The summed E-state index contributed by atoms with van der Waals surface area (Å²) in [6, 6.07) is 26.8. The molecule has 5 nitrogen and oxygen atoms in total. The van der Waals surface area contributed by atoms with Crippen molar-refractivity contribution in [1.82, 2.24) is 19.5 Å². The third kappa shape index (κ3) is 3.91. The lowest BCUT2D eigenvalue weighted by atomic mass is 10.1. The molecule has 6 aromatic carbocycles. The molecule has 9 rings (SSSR count). The highest BCUT2D eigenvalue weighted by atomic mass is 16.3. The molecule has 5 heteroatoms. The Hall–Kier alpha value is -6.07. The fourth-order valence-corrected chi connectivity index (χ4v) is 5.66. The van der Waals surface area contributed by atoms with Crippen molar-refractivity contribution in [3.8, 4) is 39.9 Å². The van der Waals surface area contributed by atoms with Crippen molar-refractivity contribution in [1.29, 1.82) is 0 Å². The second kappa shape index (κ2) is 9.75. The van der Waals surface area contributed by atoms with Crippen molar-refractivity contribution in [3.63, 3.8) is 0 Å². The Labute approximate surface area is 263 Å². The largest absolute Gasteiger partial charge is 0.456 e. The number of para-hydroxylation sites is 2. The molecule has 0 N–H and O–H groups in total. The maximum absolute atomic E-state index is 8.88. The lowest BCUT2D eigenvalue weighted by molar-refractivity contribution is 0.669. The summed E-state index contributed by atoms with van der Waals surface area (Å²) in [6.07, 6.45) is 0. The standard InChI is InChI=1S/C39H24N4O/c1-3-11-25(12-4-1)37-40-38(26-13-5-2-6-14-26)42-39(41-37)27-19-21-35-31(23-27)32-24-28(20-22-36(32)44-35)43-33-17-9-7-15-29(33)30-16-8-10-18-34(30)43/h1-24H/i7D,8D,9D,10D,15D,16D,17D,18D. The molecule has 0 amide bonds. The van der Waals surface area contributed by atoms with E-state index < -0.39 is 24.2 Å². The zero-order chi connectivity index (χ0) is 36.0. The highest BCUT2D eigenvalue weighted by Crippen LogP contribution is 2.37. The van der Waals surface area contributed by atoms with Crippen LogP contribution in [0.25, 0.3) is 83.6 Å². The maximum Gasteiger partial charge on any atom is 0.164 e. The molecule has 0 aliphatic carbocycles. The van der Waals surface area contributed by atoms with Crippen LogP contribution in [-0.2, 0) is 0 Å². The molecule has 206 valence electrons. The summed E-state index contributed by atoms with van der Waals surface area (Å²) in [6.45, 7) is 0. The molecular formula is C39H24N4O. The van der Waals surface area contributed by atoms with Gasteiger partial charge in [-0.3, -0.25) is 0 Å². The zero-order valence-corrected chi connectivity index (χ0v) is 22.9.